The van der Waals surface area contributed by atoms with Crippen LogP contribution in [0.4, 0.5) is 5.69 Å². The van der Waals surface area contributed by atoms with Gasteiger partial charge in [0.1, 0.15) is 5.82 Å². The lowest BCUT2D eigenvalue weighted by Gasteiger charge is -2.19. The van der Waals surface area contributed by atoms with Gasteiger partial charge in [0.25, 0.3) is 0 Å². The summed E-state index contributed by atoms with van der Waals surface area (Å²) >= 11 is 6.26. The molecule has 1 aliphatic carbocycles. The van der Waals surface area contributed by atoms with Crippen molar-refractivity contribution in [2.75, 3.05) is 11.5 Å². The number of halogens is 1. The van der Waals surface area contributed by atoms with Gasteiger partial charge in [0.2, 0.25) is 5.91 Å². The monoisotopic (exact) mass is 486 g/mol. The standard InChI is InChI=1S/C27H23ClN4O3/c1-2-35-25(33)13-17-3-6-19(7-4-17)32-22-8-5-18(28)14-21(22)30-24(32)16-31-23-15-29-12-9-20(23)27(10-11-27)26(31)34/h3-9,12,14-15H,2,10-11,13,16H2,1H3. The number of imidazole rings is 1. The minimum Gasteiger partial charge on any atom is -0.466 e. The average molecular weight is 487 g/mol. The summed E-state index contributed by atoms with van der Waals surface area (Å²) in [6, 6.07) is 15.3. The number of rotatable bonds is 6. The third-order valence-corrected chi connectivity index (χ3v) is 7.08. The van der Waals surface area contributed by atoms with Crippen LogP contribution in [0.5, 0.6) is 0 Å². The molecule has 176 valence electrons. The Morgan fingerprint density at radius 3 is 2.69 bits per heavy atom. The lowest BCUT2D eigenvalue weighted by atomic mass is 9.99. The maximum absolute atomic E-state index is 13.5. The number of anilines is 1. The van der Waals surface area contributed by atoms with Gasteiger partial charge < -0.3 is 9.64 Å². The van der Waals surface area contributed by atoms with E-state index in [1.807, 2.05) is 58.0 Å². The predicted molar refractivity (Wildman–Crippen MR) is 133 cm³/mol. The van der Waals surface area contributed by atoms with E-state index in [1.54, 1.807) is 19.3 Å². The van der Waals surface area contributed by atoms with E-state index >= 15 is 0 Å². The summed E-state index contributed by atoms with van der Waals surface area (Å²) in [5.41, 5.74) is 4.92. The largest absolute Gasteiger partial charge is 0.466 e. The van der Waals surface area contributed by atoms with Crippen LogP contribution in [0, 0.1) is 0 Å². The normalized spacial score (nSPS) is 15.6. The van der Waals surface area contributed by atoms with Gasteiger partial charge in [0, 0.05) is 16.9 Å². The van der Waals surface area contributed by atoms with Crippen molar-refractivity contribution in [2.24, 2.45) is 0 Å². The molecule has 2 aromatic heterocycles. The van der Waals surface area contributed by atoms with Crippen LogP contribution in [0.1, 0.15) is 36.7 Å². The molecule has 0 N–H and O–H groups in total. The van der Waals surface area contributed by atoms with E-state index in [4.69, 9.17) is 21.3 Å². The van der Waals surface area contributed by atoms with Gasteiger partial charge in [0.05, 0.1) is 47.9 Å². The number of ether oxygens (including phenoxy) is 1. The molecular formula is C27H23ClN4O3. The van der Waals surface area contributed by atoms with Gasteiger partial charge in [-0.2, -0.15) is 0 Å². The van der Waals surface area contributed by atoms with Crippen molar-refractivity contribution in [3.05, 3.63) is 82.9 Å². The van der Waals surface area contributed by atoms with E-state index in [2.05, 4.69) is 4.98 Å². The van der Waals surface area contributed by atoms with Crippen molar-refractivity contribution in [3.8, 4) is 5.69 Å². The molecule has 0 unspecified atom stereocenters. The molecule has 1 fully saturated rings. The smallest absolute Gasteiger partial charge is 0.310 e. The molecule has 2 aliphatic rings. The molecule has 7 nitrogen and oxygen atoms in total. The Morgan fingerprint density at radius 2 is 1.94 bits per heavy atom. The highest BCUT2D eigenvalue weighted by Gasteiger charge is 2.59. The molecular weight excluding hydrogens is 464 g/mol. The Labute approximate surface area is 207 Å². The number of amides is 1. The van der Waals surface area contributed by atoms with Gasteiger partial charge in [-0.1, -0.05) is 23.7 Å². The van der Waals surface area contributed by atoms with Crippen molar-refractivity contribution >= 4 is 40.2 Å². The summed E-state index contributed by atoms with van der Waals surface area (Å²) in [6.07, 6.45) is 5.48. The number of nitrogens with zero attached hydrogens (tertiary/aromatic N) is 4. The Bertz CT molecular complexity index is 1470. The molecule has 2 aromatic carbocycles. The third kappa shape index (κ3) is 3.58. The fraction of sp³-hybridized carbons (Fsp3) is 0.259. The molecule has 3 heterocycles. The minimum atomic E-state index is -0.396. The van der Waals surface area contributed by atoms with Crippen LogP contribution in [0.2, 0.25) is 5.02 Å². The highest BCUT2D eigenvalue weighted by Crippen LogP contribution is 2.57. The first-order valence-electron chi connectivity index (χ1n) is 11.7. The minimum absolute atomic E-state index is 0.113. The lowest BCUT2D eigenvalue weighted by Crippen LogP contribution is -2.32. The third-order valence-electron chi connectivity index (χ3n) is 6.84. The molecule has 1 spiro atoms. The summed E-state index contributed by atoms with van der Waals surface area (Å²) in [6.45, 7) is 2.47. The molecule has 8 heteroatoms. The van der Waals surface area contributed by atoms with Crippen LogP contribution in [0.15, 0.2) is 60.9 Å². The second-order valence-corrected chi connectivity index (χ2v) is 9.45. The fourth-order valence-corrected chi connectivity index (χ4v) is 5.20. The highest BCUT2D eigenvalue weighted by molar-refractivity contribution is 6.31. The maximum atomic E-state index is 13.5. The summed E-state index contributed by atoms with van der Waals surface area (Å²) in [5, 5.41) is 0.599. The second kappa shape index (κ2) is 8.20. The molecule has 4 aromatic rings. The van der Waals surface area contributed by atoms with Gasteiger partial charge in [-0.15, -0.1) is 0 Å². The van der Waals surface area contributed by atoms with Crippen molar-refractivity contribution in [1.29, 1.82) is 0 Å². The van der Waals surface area contributed by atoms with E-state index in [1.165, 1.54) is 0 Å². The topological polar surface area (TPSA) is 77.3 Å². The van der Waals surface area contributed by atoms with E-state index in [9.17, 15) is 9.59 Å². The van der Waals surface area contributed by atoms with Crippen LogP contribution >= 0.6 is 11.6 Å². The van der Waals surface area contributed by atoms with Crippen molar-refractivity contribution < 1.29 is 14.3 Å². The predicted octanol–water partition coefficient (Wildman–Crippen LogP) is 4.76. The van der Waals surface area contributed by atoms with E-state index in [-0.39, 0.29) is 18.3 Å². The van der Waals surface area contributed by atoms with E-state index in [0.717, 1.165) is 52.2 Å². The SMILES string of the molecule is CCOC(=O)Cc1ccc(-n2c(CN3C(=O)C4(CC4)c4ccncc43)nc3cc(Cl)ccc32)cc1. The number of aromatic nitrogens is 3. The van der Waals surface area contributed by atoms with Gasteiger partial charge in [0.15, 0.2) is 0 Å². The molecule has 35 heavy (non-hydrogen) atoms. The van der Waals surface area contributed by atoms with E-state index in [0.29, 0.717) is 18.2 Å². The molecule has 6 rings (SSSR count). The number of benzene rings is 2. The van der Waals surface area contributed by atoms with Gasteiger partial charge >= 0.3 is 5.97 Å². The maximum Gasteiger partial charge on any atom is 0.310 e. The molecule has 0 saturated heterocycles. The zero-order valence-electron chi connectivity index (χ0n) is 19.2. The van der Waals surface area contributed by atoms with Crippen LogP contribution in [-0.4, -0.2) is 33.0 Å². The van der Waals surface area contributed by atoms with Crippen LogP contribution < -0.4 is 4.90 Å². The number of carbonyl (C=O) groups is 2. The Balaban J connectivity index is 1.40. The molecule has 0 atom stereocenters. The van der Waals surface area contributed by atoms with Crippen molar-refractivity contribution in [2.45, 2.75) is 38.1 Å². The number of fused-ring (bicyclic) bond motifs is 3. The number of carbonyl (C=O) groups excluding carboxylic acids is 2. The molecule has 0 bridgehead atoms. The molecule has 0 radical (unpaired) electrons. The number of hydrogen-bond donors (Lipinski definition) is 0. The first kappa shape index (κ1) is 21.8. The molecule has 1 amide bonds. The van der Waals surface area contributed by atoms with Crippen LogP contribution in [0.3, 0.4) is 0 Å². The lowest BCUT2D eigenvalue weighted by molar-refractivity contribution is -0.142. The molecule has 1 saturated carbocycles. The highest BCUT2D eigenvalue weighted by atomic mass is 35.5. The zero-order chi connectivity index (χ0) is 24.2. The van der Waals surface area contributed by atoms with Crippen LogP contribution in [-0.2, 0) is 32.7 Å². The number of hydrogen-bond acceptors (Lipinski definition) is 5. The van der Waals surface area contributed by atoms with Crippen LogP contribution in [0.25, 0.3) is 16.7 Å². The van der Waals surface area contributed by atoms with Gasteiger partial charge in [-0.3, -0.25) is 19.1 Å². The summed E-state index contributed by atoms with van der Waals surface area (Å²) < 4.78 is 7.10. The zero-order valence-corrected chi connectivity index (χ0v) is 20.0. The number of esters is 1. The summed E-state index contributed by atoms with van der Waals surface area (Å²) in [7, 11) is 0. The quantitative estimate of drug-likeness (QED) is 0.367. The van der Waals surface area contributed by atoms with Crippen molar-refractivity contribution in [1.82, 2.24) is 14.5 Å². The second-order valence-electron chi connectivity index (χ2n) is 9.01. The Hall–Kier alpha value is -3.71. The first-order valence-corrected chi connectivity index (χ1v) is 12.1. The first-order chi connectivity index (χ1) is 17.0. The molecule has 1 aliphatic heterocycles. The Kier molecular flexibility index (Phi) is 5.11. The summed E-state index contributed by atoms with van der Waals surface area (Å²) in [5.74, 6) is 0.584. The Morgan fingerprint density at radius 1 is 1.14 bits per heavy atom. The number of pyridine rings is 1. The summed E-state index contributed by atoms with van der Waals surface area (Å²) in [4.78, 5) is 36.3. The average Bonchev–Trinajstić information content (AvgIpc) is 3.54. The fourth-order valence-electron chi connectivity index (χ4n) is 5.03. The van der Waals surface area contributed by atoms with Gasteiger partial charge in [-0.25, -0.2) is 4.98 Å². The van der Waals surface area contributed by atoms with E-state index < -0.39 is 5.41 Å². The van der Waals surface area contributed by atoms with Gasteiger partial charge in [-0.05, 0) is 67.3 Å². The van der Waals surface area contributed by atoms with Crippen molar-refractivity contribution in [3.63, 3.8) is 0 Å².